The molecule has 3 rings (SSSR count). The van der Waals surface area contributed by atoms with E-state index in [0.717, 1.165) is 23.7 Å². The van der Waals surface area contributed by atoms with E-state index in [0.29, 0.717) is 11.5 Å². The minimum absolute atomic E-state index is 0. The Balaban J connectivity index is 0.00000261. The lowest BCUT2D eigenvalue weighted by Gasteiger charge is -2.33. The summed E-state index contributed by atoms with van der Waals surface area (Å²) < 4.78 is 0. The minimum Gasteiger partial charge on any atom is -0.346 e. The van der Waals surface area contributed by atoms with E-state index in [2.05, 4.69) is 43.2 Å². The monoisotopic (exact) mass is 380 g/mol. The van der Waals surface area contributed by atoms with E-state index in [9.17, 15) is 4.79 Å². The molecule has 4 heteroatoms. The number of carbonyl (C=O) groups excluding carboxylic acids is 1. The van der Waals surface area contributed by atoms with E-state index >= 15 is 0 Å². The Kier molecular flexibility index (Phi) is 7.03. The number of amides is 1. The number of carbonyl (C=O) groups is 1. The molecule has 0 spiro atoms. The number of para-hydroxylation sites is 1. The largest absolute Gasteiger partial charge is 0.346 e. The zero-order valence-corrected chi connectivity index (χ0v) is 17.2. The predicted molar refractivity (Wildman–Crippen MR) is 118 cm³/mol. The predicted octanol–water partition coefficient (Wildman–Crippen LogP) is 5.12. The minimum atomic E-state index is -0.307. The average Bonchev–Trinajstić information content (AvgIpc) is 2.61. The molecule has 1 atom stereocenters. The fourth-order valence-corrected chi connectivity index (χ4v) is 3.66. The molecule has 0 saturated carbocycles. The highest BCUT2D eigenvalue weighted by Gasteiger charge is 2.28. The van der Waals surface area contributed by atoms with E-state index in [4.69, 9.17) is 0 Å². The van der Waals surface area contributed by atoms with Crippen LogP contribution in [0.25, 0.3) is 10.9 Å². The summed E-state index contributed by atoms with van der Waals surface area (Å²) in [7, 11) is 0. The maximum absolute atomic E-state index is 12.9. The molecule has 0 fully saturated rings. The third-order valence-corrected chi connectivity index (χ3v) is 4.56. The highest BCUT2D eigenvalue weighted by Crippen LogP contribution is 2.23. The van der Waals surface area contributed by atoms with Crippen LogP contribution in [0.5, 0.6) is 0 Å². The Bertz CT molecular complexity index is 895. The van der Waals surface area contributed by atoms with E-state index in [1.165, 1.54) is 5.56 Å². The SMILES string of the molecule is CC(C)C[C@@](C)(Cc1ccccc1)NC(=O)c1cnc2ccccc2c1.S. The normalized spacial score (nSPS) is 13.0. The summed E-state index contributed by atoms with van der Waals surface area (Å²) in [4.78, 5) is 17.3. The molecule has 1 N–H and O–H groups in total. The number of fused-ring (bicyclic) bond motifs is 1. The first kappa shape index (κ1) is 21.0. The van der Waals surface area contributed by atoms with Crippen LogP contribution in [-0.2, 0) is 6.42 Å². The maximum atomic E-state index is 12.9. The molecule has 0 unspecified atom stereocenters. The van der Waals surface area contributed by atoms with Gasteiger partial charge in [0.05, 0.1) is 11.1 Å². The molecule has 0 radical (unpaired) electrons. The summed E-state index contributed by atoms with van der Waals surface area (Å²) in [5.41, 5.74) is 2.43. The van der Waals surface area contributed by atoms with E-state index in [1.807, 2.05) is 48.5 Å². The second-order valence-electron chi connectivity index (χ2n) is 7.69. The highest BCUT2D eigenvalue weighted by atomic mass is 32.1. The fraction of sp³-hybridized carbons (Fsp3) is 0.304. The zero-order chi connectivity index (χ0) is 18.6. The standard InChI is InChI=1S/C23H26N2O.H2S/c1-17(2)14-23(3,15-18-9-5-4-6-10-18)25-22(26)20-13-19-11-7-8-12-21(19)24-16-20;/h4-13,16-17H,14-15H2,1-3H3,(H,25,26);1H2/t23-;/m0./s1. The molecular formula is C23H28N2OS. The number of hydrogen-bond acceptors (Lipinski definition) is 2. The second-order valence-corrected chi connectivity index (χ2v) is 7.69. The topological polar surface area (TPSA) is 42.0 Å². The Morgan fingerprint density at radius 2 is 1.74 bits per heavy atom. The van der Waals surface area contributed by atoms with Gasteiger partial charge < -0.3 is 5.32 Å². The Morgan fingerprint density at radius 3 is 2.44 bits per heavy atom. The van der Waals surface area contributed by atoms with Crippen molar-refractivity contribution >= 4 is 30.3 Å². The van der Waals surface area contributed by atoms with Gasteiger partial charge in [-0.25, -0.2) is 0 Å². The molecule has 3 aromatic rings. The summed E-state index contributed by atoms with van der Waals surface area (Å²) in [6.45, 7) is 6.51. The van der Waals surface area contributed by atoms with Gasteiger partial charge in [0.1, 0.15) is 0 Å². The van der Waals surface area contributed by atoms with Gasteiger partial charge in [-0.1, -0.05) is 62.4 Å². The van der Waals surface area contributed by atoms with Crippen molar-refractivity contribution in [3.63, 3.8) is 0 Å². The van der Waals surface area contributed by atoms with Gasteiger partial charge in [-0.3, -0.25) is 9.78 Å². The van der Waals surface area contributed by atoms with Crippen molar-refractivity contribution in [3.05, 3.63) is 78.0 Å². The molecule has 142 valence electrons. The lowest BCUT2D eigenvalue weighted by molar-refractivity contribution is 0.0894. The van der Waals surface area contributed by atoms with Crippen LogP contribution in [0.1, 0.15) is 43.1 Å². The molecule has 3 nitrogen and oxygen atoms in total. The molecule has 0 aliphatic heterocycles. The molecular weight excluding hydrogens is 352 g/mol. The van der Waals surface area contributed by atoms with Gasteiger partial charge in [0.2, 0.25) is 0 Å². The van der Waals surface area contributed by atoms with Gasteiger partial charge >= 0.3 is 0 Å². The number of benzene rings is 2. The van der Waals surface area contributed by atoms with Crippen molar-refractivity contribution < 1.29 is 4.79 Å². The number of rotatable bonds is 6. The summed E-state index contributed by atoms with van der Waals surface area (Å²) >= 11 is 0. The molecule has 1 heterocycles. The van der Waals surface area contributed by atoms with Crippen molar-refractivity contribution in [2.24, 2.45) is 5.92 Å². The van der Waals surface area contributed by atoms with Crippen LogP contribution in [-0.4, -0.2) is 16.4 Å². The number of hydrogen-bond donors (Lipinski definition) is 1. The van der Waals surface area contributed by atoms with Crippen LogP contribution >= 0.6 is 13.5 Å². The van der Waals surface area contributed by atoms with Crippen LogP contribution in [0.4, 0.5) is 0 Å². The molecule has 1 aromatic heterocycles. The lowest BCUT2D eigenvalue weighted by atomic mass is 9.84. The van der Waals surface area contributed by atoms with Gasteiger partial charge in [-0.15, -0.1) is 0 Å². The number of nitrogens with zero attached hydrogens (tertiary/aromatic N) is 1. The Labute approximate surface area is 168 Å². The van der Waals surface area contributed by atoms with Gasteiger partial charge in [0, 0.05) is 17.1 Å². The van der Waals surface area contributed by atoms with Crippen LogP contribution < -0.4 is 5.32 Å². The number of nitrogens with one attached hydrogen (secondary N) is 1. The molecule has 27 heavy (non-hydrogen) atoms. The second kappa shape index (κ2) is 9.05. The quantitative estimate of drug-likeness (QED) is 0.644. The first-order valence-electron chi connectivity index (χ1n) is 9.16. The Morgan fingerprint density at radius 1 is 1.07 bits per heavy atom. The molecule has 0 bridgehead atoms. The first-order chi connectivity index (χ1) is 12.5. The van der Waals surface area contributed by atoms with Crippen LogP contribution in [0.3, 0.4) is 0 Å². The fourth-order valence-electron chi connectivity index (χ4n) is 3.66. The zero-order valence-electron chi connectivity index (χ0n) is 16.2. The van der Waals surface area contributed by atoms with Gasteiger partial charge in [0.15, 0.2) is 0 Å². The van der Waals surface area contributed by atoms with E-state index < -0.39 is 0 Å². The van der Waals surface area contributed by atoms with Crippen LogP contribution in [0.15, 0.2) is 66.9 Å². The van der Waals surface area contributed by atoms with Crippen molar-refractivity contribution in [1.82, 2.24) is 10.3 Å². The van der Waals surface area contributed by atoms with E-state index in [1.54, 1.807) is 6.20 Å². The molecule has 1 amide bonds. The van der Waals surface area contributed by atoms with E-state index in [-0.39, 0.29) is 24.9 Å². The molecule has 2 aromatic carbocycles. The van der Waals surface area contributed by atoms with Crippen molar-refractivity contribution in [2.75, 3.05) is 0 Å². The smallest absolute Gasteiger partial charge is 0.253 e. The molecule has 0 saturated heterocycles. The van der Waals surface area contributed by atoms with Gasteiger partial charge in [-0.05, 0) is 43.4 Å². The first-order valence-corrected chi connectivity index (χ1v) is 9.16. The molecule has 0 aliphatic rings. The van der Waals surface area contributed by atoms with Crippen LogP contribution in [0, 0.1) is 5.92 Å². The van der Waals surface area contributed by atoms with Crippen molar-refractivity contribution in [2.45, 2.75) is 39.2 Å². The van der Waals surface area contributed by atoms with Gasteiger partial charge in [-0.2, -0.15) is 13.5 Å². The average molecular weight is 381 g/mol. The summed E-state index contributed by atoms with van der Waals surface area (Å²) in [6.07, 6.45) is 3.38. The molecule has 0 aliphatic carbocycles. The van der Waals surface area contributed by atoms with Crippen molar-refractivity contribution in [1.29, 1.82) is 0 Å². The third-order valence-electron chi connectivity index (χ3n) is 4.56. The lowest BCUT2D eigenvalue weighted by Crippen LogP contribution is -2.48. The summed E-state index contributed by atoms with van der Waals surface area (Å²) in [5, 5.41) is 4.26. The summed E-state index contributed by atoms with van der Waals surface area (Å²) in [6, 6.07) is 20.1. The Hall–Kier alpha value is -2.33. The number of aromatic nitrogens is 1. The summed E-state index contributed by atoms with van der Waals surface area (Å²) in [5.74, 6) is 0.418. The van der Waals surface area contributed by atoms with Crippen molar-refractivity contribution in [3.8, 4) is 0 Å². The highest BCUT2D eigenvalue weighted by molar-refractivity contribution is 7.59. The maximum Gasteiger partial charge on any atom is 0.253 e. The third kappa shape index (κ3) is 5.57. The van der Waals surface area contributed by atoms with Gasteiger partial charge in [0.25, 0.3) is 5.91 Å². The number of pyridine rings is 1. The van der Waals surface area contributed by atoms with Crippen LogP contribution in [0.2, 0.25) is 0 Å².